The largest absolute Gasteiger partial charge is 0.369 e. The van der Waals surface area contributed by atoms with Crippen LogP contribution in [-0.4, -0.2) is 48.3 Å². The van der Waals surface area contributed by atoms with E-state index in [1.165, 1.54) is 5.56 Å². The third-order valence-electron chi connectivity index (χ3n) is 10.1. The van der Waals surface area contributed by atoms with Crippen LogP contribution in [0.5, 0.6) is 0 Å². The third kappa shape index (κ3) is 5.66. The molecule has 5 rings (SSSR count). The van der Waals surface area contributed by atoms with Gasteiger partial charge in [-0.1, -0.05) is 112 Å². The molecule has 5 nitrogen and oxygen atoms in total. The van der Waals surface area contributed by atoms with E-state index in [0.29, 0.717) is 28.6 Å². The number of nitrogens with one attached hydrogen (secondary N) is 1. The molecule has 2 aliphatic heterocycles. The van der Waals surface area contributed by atoms with Crippen molar-refractivity contribution < 1.29 is 9.59 Å². The summed E-state index contributed by atoms with van der Waals surface area (Å²) < 4.78 is 0. The molecule has 3 aromatic carbocycles. The number of likely N-dealkylation sites (tertiary alicyclic amines) is 1. The molecule has 0 bridgehead atoms. The van der Waals surface area contributed by atoms with Gasteiger partial charge in [0.2, 0.25) is 5.91 Å². The lowest BCUT2D eigenvalue weighted by molar-refractivity contribution is -0.133. The number of amides is 1. The van der Waals surface area contributed by atoms with Crippen molar-refractivity contribution in [2.24, 2.45) is 11.7 Å². The number of carbonyl (C=O) groups excluding carboxylic acids is 2. The van der Waals surface area contributed by atoms with Crippen molar-refractivity contribution in [3.05, 3.63) is 105 Å². The monoisotopic (exact) mass is 619 g/mol. The van der Waals surface area contributed by atoms with Crippen LogP contribution in [0.3, 0.4) is 0 Å². The molecule has 2 aliphatic rings. The highest BCUT2D eigenvalue weighted by atomic mass is 35.5. The lowest BCUT2D eigenvalue weighted by atomic mass is 9.51. The minimum Gasteiger partial charge on any atom is -0.369 e. The highest BCUT2D eigenvalue weighted by molar-refractivity contribution is 6.42. The van der Waals surface area contributed by atoms with Gasteiger partial charge in [0.15, 0.2) is 5.78 Å². The van der Waals surface area contributed by atoms with Gasteiger partial charge in [0.1, 0.15) is 0 Å². The van der Waals surface area contributed by atoms with Crippen molar-refractivity contribution in [1.29, 1.82) is 0 Å². The maximum Gasteiger partial charge on any atom is 0.228 e. The number of primary amides is 1. The summed E-state index contributed by atoms with van der Waals surface area (Å²) in [4.78, 5) is 30.3. The van der Waals surface area contributed by atoms with Crippen LogP contribution in [-0.2, 0) is 15.6 Å². The van der Waals surface area contributed by atoms with Gasteiger partial charge in [0.05, 0.1) is 22.0 Å². The van der Waals surface area contributed by atoms with Crippen LogP contribution in [0.25, 0.3) is 0 Å². The first kappa shape index (κ1) is 31.7. The number of piperidine rings is 1. The van der Waals surface area contributed by atoms with Crippen molar-refractivity contribution in [2.75, 3.05) is 26.2 Å². The average molecular weight is 621 g/mol. The molecule has 3 N–H and O–H groups in total. The maximum absolute atomic E-state index is 14.0. The van der Waals surface area contributed by atoms with Gasteiger partial charge in [0.25, 0.3) is 0 Å². The predicted octanol–water partition coefficient (Wildman–Crippen LogP) is 7.14. The topological polar surface area (TPSA) is 75.4 Å². The second-order valence-electron chi connectivity index (χ2n) is 13.3. The van der Waals surface area contributed by atoms with E-state index in [4.69, 9.17) is 28.9 Å². The van der Waals surface area contributed by atoms with Crippen molar-refractivity contribution in [2.45, 2.75) is 69.2 Å². The molecule has 0 aliphatic carbocycles. The molecule has 0 radical (unpaired) electrons. The Morgan fingerprint density at radius 1 is 1.00 bits per heavy atom. The van der Waals surface area contributed by atoms with E-state index in [1.807, 2.05) is 60.7 Å². The van der Waals surface area contributed by atoms with Gasteiger partial charge in [-0.05, 0) is 72.5 Å². The molecule has 2 heterocycles. The van der Waals surface area contributed by atoms with Gasteiger partial charge in [-0.2, -0.15) is 0 Å². The molecule has 4 unspecified atom stereocenters. The van der Waals surface area contributed by atoms with E-state index < -0.39 is 11.0 Å². The molecular weight excluding hydrogens is 577 g/mol. The first-order valence-electron chi connectivity index (χ1n) is 15.3. The molecule has 43 heavy (non-hydrogen) atoms. The van der Waals surface area contributed by atoms with Gasteiger partial charge in [-0.25, -0.2) is 0 Å². The Morgan fingerprint density at radius 3 is 2.26 bits per heavy atom. The Morgan fingerprint density at radius 2 is 1.70 bits per heavy atom. The number of rotatable bonds is 8. The molecule has 7 heteroatoms. The molecule has 4 atom stereocenters. The summed E-state index contributed by atoms with van der Waals surface area (Å²) in [5.41, 5.74) is 8.62. The van der Waals surface area contributed by atoms with Crippen LogP contribution >= 0.6 is 23.2 Å². The minimum atomic E-state index is -1.01. The van der Waals surface area contributed by atoms with Gasteiger partial charge in [-0.3, -0.25) is 14.5 Å². The lowest BCUT2D eigenvalue weighted by Crippen LogP contribution is -2.70. The summed E-state index contributed by atoms with van der Waals surface area (Å²) in [5, 5.41) is 4.47. The fourth-order valence-corrected chi connectivity index (χ4v) is 8.24. The predicted molar refractivity (Wildman–Crippen MR) is 176 cm³/mol. The molecule has 1 amide bonds. The van der Waals surface area contributed by atoms with Gasteiger partial charge in [0, 0.05) is 23.6 Å². The van der Waals surface area contributed by atoms with E-state index in [2.05, 4.69) is 50.0 Å². The Hall–Kier alpha value is -2.70. The molecule has 2 fully saturated rings. The highest BCUT2D eigenvalue weighted by Gasteiger charge is 2.63. The highest BCUT2D eigenvalue weighted by Crippen LogP contribution is 2.58. The van der Waals surface area contributed by atoms with Gasteiger partial charge < -0.3 is 11.1 Å². The van der Waals surface area contributed by atoms with Crippen LogP contribution in [0.1, 0.15) is 79.9 Å². The van der Waals surface area contributed by atoms with Crippen LogP contribution in [0, 0.1) is 5.92 Å². The lowest BCUT2D eigenvalue weighted by Gasteiger charge is -2.61. The van der Waals surface area contributed by atoms with Crippen molar-refractivity contribution in [3.63, 3.8) is 0 Å². The third-order valence-corrected chi connectivity index (χ3v) is 10.8. The fourth-order valence-electron chi connectivity index (χ4n) is 7.93. The van der Waals surface area contributed by atoms with Crippen molar-refractivity contribution in [3.8, 4) is 0 Å². The van der Waals surface area contributed by atoms with Crippen LogP contribution in [0.4, 0.5) is 0 Å². The number of carbonyl (C=O) groups is 2. The van der Waals surface area contributed by atoms with E-state index in [1.54, 1.807) is 0 Å². The first-order valence-corrected chi connectivity index (χ1v) is 16.1. The Bertz CT molecular complexity index is 1460. The summed E-state index contributed by atoms with van der Waals surface area (Å²) >= 11 is 13.1. The van der Waals surface area contributed by atoms with E-state index >= 15 is 0 Å². The minimum absolute atomic E-state index is 0.00386. The summed E-state index contributed by atoms with van der Waals surface area (Å²) in [6.07, 6.45) is 2.14. The zero-order valence-corrected chi connectivity index (χ0v) is 27.1. The number of Topliss-reactive ketones (excluding diaryl/α,β-unsaturated/α-hetero) is 1. The Kier molecular flexibility index (Phi) is 9.12. The number of halogens is 2. The number of hydrogen-bond acceptors (Lipinski definition) is 4. The maximum atomic E-state index is 14.0. The summed E-state index contributed by atoms with van der Waals surface area (Å²) in [5.74, 6) is -0.476. The Balaban J connectivity index is 1.69. The van der Waals surface area contributed by atoms with Crippen LogP contribution in [0.2, 0.25) is 10.0 Å². The van der Waals surface area contributed by atoms with E-state index in [-0.39, 0.29) is 35.5 Å². The second kappa shape index (κ2) is 12.4. The quantitative estimate of drug-likeness (QED) is 0.263. The smallest absolute Gasteiger partial charge is 0.228 e. The molecule has 228 valence electrons. The normalized spacial score (nSPS) is 26.4. The SMILES string of the molecule is CCC1(C2CCNC2)C(c2ccc(Cl)c(Cl)c2)C(C(N)=O)(c2ccccc2)CCN1CC(=O)c1ccc(C(C)(C)C)cc1. The number of nitrogens with zero attached hydrogens (tertiary/aromatic N) is 1. The zero-order chi connectivity index (χ0) is 31.0. The summed E-state index contributed by atoms with van der Waals surface area (Å²) in [6, 6.07) is 23.6. The zero-order valence-electron chi connectivity index (χ0n) is 25.6. The Labute approximate surface area is 266 Å². The van der Waals surface area contributed by atoms with Gasteiger partial charge in [-0.15, -0.1) is 0 Å². The molecular formula is C36H43Cl2N3O2. The molecule has 2 saturated heterocycles. The summed E-state index contributed by atoms with van der Waals surface area (Å²) in [7, 11) is 0. The van der Waals surface area contributed by atoms with E-state index in [9.17, 15) is 9.59 Å². The van der Waals surface area contributed by atoms with Crippen LogP contribution in [0.15, 0.2) is 72.8 Å². The fraction of sp³-hybridized carbons (Fsp3) is 0.444. The average Bonchev–Trinajstić information content (AvgIpc) is 3.54. The summed E-state index contributed by atoms with van der Waals surface area (Å²) in [6.45, 7) is 11.2. The molecule has 0 spiro atoms. The van der Waals surface area contributed by atoms with E-state index in [0.717, 1.165) is 37.1 Å². The molecule has 3 aromatic rings. The van der Waals surface area contributed by atoms with Gasteiger partial charge >= 0.3 is 0 Å². The molecule has 0 saturated carbocycles. The van der Waals surface area contributed by atoms with Crippen LogP contribution < -0.4 is 11.1 Å². The number of nitrogens with two attached hydrogens (primary N) is 1. The number of ketones is 1. The second-order valence-corrected chi connectivity index (χ2v) is 14.1. The number of hydrogen-bond donors (Lipinski definition) is 2. The first-order chi connectivity index (χ1) is 20.4. The van der Waals surface area contributed by atoms with Crippen molar-refractivity contribution >= 4 is 34.9 Å². The standard InChI is InChI=1S/C36H43Cl2N3O2/c1-5-36(28-17-19-40-22-28)32(25-13-16-29(37)30(38)21-25)35(33(39)43,27-9-7-6-8-10-27)18-20-41(36)23-31(42)24-11-14-26(15-12-24)34(2,3)4/h6-16,21,28,32,40H,5,17-20,22-23H2,1-4H3,(H2,39,43). The molecule has 0 aromatic heterocycles. The number of benzene rings is 3. The van der Waals surface area contributed by atoms with Crippen molar-refractivity contribution in [1.82, 2.24) is 10.2 Å².